The molecule has 14 heavy (non-hydrogen) atoms. The summed E-state index contributed by atoms with van der Waals surface area (Å²) in [5, 5.41) is 6.78. The Hall–Kier alpha value is -0.450. The van der Waals surface area contributed by atoms with Gasteiger partial charge in [-0.25, -0.2) is 4.98 Å². The zero-order chi connectivity index (χ0) is 9.97. The highest BCUT2D eigenvalue weighted by molar-refractivity contribution is 7.09. The molecule has 1 heterocycles. The number of nitrogens with zero attached hydrogens (tertiary/aromatic N) is 1. The second-order valence-corrected chi connectivity index (χ2v) is 4.91. The average molecular weight is 211 g/mol. The molecule has 0 aromatic carbocycles. The van der Waals surface area contributed by atoms with Crippen LogP contribution < -0.4 is 11.1 Å². The van der Waals surface area contributed by atoms with Crippen molar-refractivity contribution in [2.45, 2.75) is 32.4 Å². The molecular formula is C10H17N3S. The third-order valence-electron chi connectivity index (χ3n) is 2.61. The lowest BCUT2D eigenvalue weighted by Gasteiger charge is -1.98. The van der Waals surface area contributed by atoms with E-state index >= 15 is 0 Å². The predicted molar refractivity (Wildman–Crippen MR) is 59.3 cm³/mol. The lowest BCUT2D eigenvalue weighted by atomic mass is 10.4. The van der Waals surface area contributed by atoms with E-state index < -0.39 is 0 Å². The van der Waals surface area contributed by atoms with Gasteiger partial charge in [-0.05, 0) is 18.9 Å². The van der Waals surface area contributed by atoms with Crippen LogP contribution in [-0.2, 0) is 13.0 Å². The van der Waals surface area contributed by atoms with Gasteiger partial charge in [-0.2, -0.15) is 0 Å². The van der Waals surface area contributed by atoms with Crippen LogP contribution in [0.4, 0.5) is 0 Å². The van der Waals surface area contributed by atoms with Crippen molar-refractivity contribution >= 4 is 11.3 Å². The summed E-state index contributed by atoms with van der Waals surface area (Å²) in [5.41, 5.74) is 6.64. The highest BCUT2D eigenvalue weighted by Crippen LogP contribution is 2.29. The molecule has 2 unspecified atom stereocenters. The maximum atomic E-state index is 5.47. The van der Waals surface area contributed by atoms with Crippen LogP contribution in [0, 0.1) is 5.92 Å². The van der Waals surface area contributed by atoms with Crippen molar-refractivity contribution in [2.75, 3.05) is 6.54 Å². The first-order valence-electron chi connectivity index (χ1n) is 5.16. The van der Waals surface area contributed by atoms with E-state index in [2.05, 4.69) is 22.6 Å². The Kier molecular flexibility index (Phi) is 3.15. The Balaban J connectivity index is 1.78. The standard InChI is InChI=1S/C10H17N3S/c1-7-4-9(7)12-5-8-6-14-10(13-8)2-3-11/h6-7,9,12H,2-5,11H2,1H3. The number of hydrogen-bond donors (Lipinski definition) is 2. The molecular weight excluding hydrogens is 194 g/mol. The van der Waals surface area contributed by atoms with E-state index in [4.69, 9.17) is 5.73 Å². The summed E-state index contributed by atoms with van der Waals surface area (Å²) >= 11 is 1.72. The second-order valence-electron chi connectivity index (χ2n) is 3.97. The third-order valence-corrected chi connectivity index (χ3v) is 3.57. The van der Waals surface area contributed by atoms with Gasteiger partial charge in [0.25, 0.3) is 0 Å². The first-order chi connectivity index (χ1) is 6.79. The molecule has 2 rings (SSSR count). The van der Waals surface area contributed by atoms with Crippen LogP contribution in [0.2, 0.25) is 0 Å². The molecule has 3 N–H and O–H groups in total. The number of hydrogen-bond acceptors (Lipinski definition) is 4. The summed E-state index contributed by atoms with van der Waals surface area (Å²) in [5.74, 6) is 0.858. The average Bonchev–Trinajstić information content (AvgIpc) is 2.69. The fraction of sp³-hybridized carbons (Fsp3) is 0.700. The lowest BCUT2D eigenvalue weighted by Crippen LogP contribution is -2.17. The fourth-order valence-electron chi connectivity index (χ4n) is 1.51. The number of aromatic nitrogens is 1. The summed E-state index contributed by atoms with van der Waals surface area (Å²) in [6.45, 7) is 3.88. The molecule has 1 aromatic rings. The predicted octanol–water partition coefficient (Wildman–Crippen LogP) is 1.14. The van der Waals surface area contributed by atoms with E-state index in [-0.39, 0.29) is 0 Å². The molecule has 1 saturated carbocycles. The maximum absolute atomic E-state index is 5.47. The van der Waals surface area contributed by atoms with Crippen LogP contribution in [0.25, 0.3) is 0 Å². The minimum absolute atomic E-state index is 0.694. The molecule has 4 heteroatoms. The van der Waals surface area contributed by atoms with Crippen molar-refractivity contribution in [1.29, 1.82) is 0 Å². The van der Waals surface area contributed by atoms with E-state index in [9.17, 15) is 0 Å². The van der Waals surface area contributed by atoms with Gasteiger partial charge in [0.1, 0.15) is 0 Å². The monoisotopic (exact) mass is 211 g/mol. The van der Waals surface area contributed by atoms with Crippen molar-refractivity contribution in [1.82, 2.24) is 10.3 Å². The normalized spacial score (nSPS) is 25.3. The first kappa shape index (κ1) is 10.1. The van der Waals surface area contributed by atoms with Gasteiger partial charge < -0.3 is 11.1 Å². The zero-order valence-corrected chi connectivity index (χ0v) is 9.31. The van der Waals surface area contributed by atoms with Crippen LogP contribution in [0.5, 0.6) is 0 Å². The van der Waals surface area contributed by atoms with E-state index in [1.807, 2.05) is 0 Å². The van der Waals surface area contributed by atoms with Crippen LogP contribution in [0.1, 0.15) is 24.0 Å². The molecule has 0 saturated heterocycles. The number of rotatable bonds is 5. The molecule has 3 nitrogen and oxygen atoms in total. The Morgan fingerprint density at radius 1 is 1.71 bits per heavy atom. The summed E-state index contributed by atoms with van der Waals surface area (Å²) in [6, 6.07) is 0.731. The fourth-order valence-corrected chi connectivity index (χ4v) is 2.32. The molecule has 0 spiro atoms. The van der Waals surface area contributed by atoms with Crippen molar-refractivity contribution in [3.63, 3.8) is 0 Å². The lowest BCUT2D eigenvalue weighted by molar-refractivity contribution is 0.643. The van der Waals surface area contributed by atoms with Gasteiger partial charge in [0.05, 0.1) is 10.7 Å². The summed E-state index contributed by atoms with van der Waals surface area (Å²) in [4.78, 5) is 4.50. The summed E-state index contributed by atoms with van der Waals surface area (Å²) < 4.78 is 0. The zero-order valence-electron chi connectivity index (χ0n) is 8.49. The third kappa shape index (κ3) is 2.53. The van der Waals surface area contributed by atoms with Crippen LogP contribution in [0.15, 0.2) is 5.38 Å². The Labute approximate surface area is 88.7 Å². The van der Waals surface area contributed by atoms with E-state index in [0.29, 0.717) is 6.54 Å². The molecule has 0 radical (unpaired) electrons. The van der Waals surface area contributed by atoms with Gasteiger partial charge in [-0.1, -0.05) is 6.92 Å². The minimum atomic E-state index is 0.694. The highest BCUT2D eigenvalue weighted by atomic mass is 32.1. The Morgan fingerprint density at radius 2 is 2.50 bits per heavy atom. The largest absolute Gasteiger partial charge is 0.330 e. The topological polar surface area (TPSA) is 50.9 Å². The number of nitrogens with one attached hydrogen (secondary N) is 1. The van der Waals surface area contributed by atoms with E-state index in [1.165, 1.54) is 6.42 Å². The molecule has 1 aromatic heterocycles. The smallest absolute Gasteiger partial charge is 0.0941 e. The van der Waals surface area contributed by atoms with Crippen molar-refractivity contribution in [2.24, 2.45) is 11.7 Å². The maximum Gasteiger partial charge on any atom is 0.0941 e. The molecule has 1 aliphatic carbocycles. The van der Waals surface area contributed by atoms with Gasteiger partial charge in [0.15, 0.2) is 0 Å². The molecule has 1 fully saturated rings. The van der Waals surface area contributed by atoms with Crippen LogP contribution in [-0.4, -0.2) is 17.6 Å². The van der Waals surface area contributed by atoms with Crippen molar-refractivity contribution < 1.29 is 0 Å². The Bertz CT molecular complexity index is 297. The van der Waals surface area contributed by atoms with Gasteiger partial charge in [0, 0.05) is 24.4 Å². The van der Waals surface area contributed by atoms with Gasteiger partial charge in [-0.15, -0.1) is 11.3 Å². The molecule has 0 amide bonds. The number of thiazole rings is 1. The minimum Gasteiger partial charge on any atom is -0.330 e. The first-order valence-corrected chi connectivity index (χ1v) is 6.04. The summed E-state index contributed by atoms with van der Waals surface area (Å²) in [7, 11) is 0. The molecule has 1 aliphatic rings. The quantitative estimate of drug-likeness (QED) is 0.768. The Morgan fingerprint density at radius 3 is 3.14 bits per heavy atom. The van der Waals surface area contributed by atoms with Crippen molar-refractivity contribution in [3.8, 4) is 0 Å². The van der Waals surface area contributed by atoms with Gasteiger partial charge >= 0.3 is 0 Å². The van der Waals surface area contributed by atoms with Crippen LogP contribution >= 0.6 is 11.3 Å². The van der Waals surface area contributed by atoms with Gasteiger partial charge in [-0.3, -0.25) is 0 Å². The SMILES string of the molecule is CC1CC1NCc1csc(CCN)n1. The highest BCUT2D eigenvalue weighted by Gasteiger charge is 2.31. The van der Waals surface area contributed by atoms with Crippen molar-refractivity contribution in [3.05, 3.63) is 16.1 Å². The molecule has 78 valence electrons. The van der Waals surface area contributed by atoms with Gasteiger partial charge in [0.2, 0.25) is 0 Å². The number of nitrogens with two attached hydrogens (primary N) is 1. The second kappa shape index (κ2) is 4.38. The van der Waals surface area contributed by atoms with Crippen LogP contribution in [0.3, 0.4) is 0 Å². The molecule has 0 bridgehead atoms. The van der Waals surface area contributed by atoms with E-state index in [1.54, 1.807) is 11.3 Å². The molecule has 0 aliphatic heterocycles. The molecule has 2 atom stereocenters. The van der Waals surface area contributed by atoms with E-state index in [0.717, 1.165) is 35.6 Å². The summed E-state index contributed by atoms with van der Waals surface area (Å²) in [6.07, 6.45) is 2.23.